The van der Waals surface area contributed by atoms with E-state index in [9.17, 15) is 9.59 Å². The van der Waals surface area contributed by atoms with Crippen LogP contribution in [-0.4, -0.2) is 48.4 Å². The van der Waals surface area contributed by atoms with Crippen molar-refractivity contribution in [2.45, 2.75) is 39.3 Å². The molecule has 0 aromatic carbocycles. The summed E-state index contributed by atoms with van der Waals surface area (Å²) in [6.07, 6.45) is 2.71. The van der Waals surface area contributed by atoms with Gasteiger partial charge in [0.15, 0.2) is 0 Å². The number of halogens is 1. The molecule has 1 fully saturated rings. The SMILES string of the molecule is CCNC(=O)[C@@H]1C[C@@H](NC(=O)c2sccc2Cl)CN1CC=C(C)C. The van der Waals surface area contributed by atoms with E-state index in [-0.39, 0.29) is 23.9 Å². The lowest BCUT2D eigenvalue weighted by Crippen LogP contribution is -2.43. The largest absolute Gasteiger partial charge is 0.355 e. The van der Waals surface area contributed by atoms with Gasteiger partial charge in [0.2, 0.25) is 5.91 Å². The molecule has 2 N–H and O–H groups in total. The van der Waals surface area contributed by atoms with Gasteiger partial charge < -0.3 is 10.6 Å². The molecule has 2 atom stereocenters. The van der Waals surface area contributed by atoms with Crippen molar-refractivity contribution in [3.05, 3.63) is 33.0 Å². The summed E-state index contributed by atoms with van der Waals surface area (Å²) in [5.41, 5.74) is 1.21. The maximum absolute atomic E-state index is 12.3. The highest BCUT2D eigenvalue weighted by atomic mass is 35.5. The van der Waals surface area contributed by atoms with Crippen molar-refractivity contribution in [2.24, 2.45) is 0 Å². The van der Waals surface area contributed by atoms with Gasteiger partial charge in [-0.25, -0.2) is 0 Å². The van der Waals surface area contributed by atoms with Gasteiger partial charge in [0.1, 0.15) is 4.88 Å². The minimum Gasteiger partial charge on any atom is -0.355 e. The predicted molar refractivity (Wildman–Crippen MR) is 98.7 cm³/mol. The first-order chi connectivity index (χ1) is 11.4. The third-order valence-corrected chi connectivity index (χ3v) is 5.29. The van der Waals surface area contributed by atoms with Crippen LogP contribution in [0.4, 0.5) is 0 Å². The van der Waals surface area contributed by atoms with Crippen molar-refractivity contribution in [1.29, 1.82) is 0 Å². The van der Waals surface area contributed by atoms with E-state index in [1.54, 1.807) is 11.4 Å². The Morgan fingerprint density at radius 3 is 2.79 bits per heavy atom. The Morgan fingerprint density at radius 1 is 1.46 bits per heavy atom. The Morgan fingerprint density at radius 2 is 2.21 bits per heavy atom. The van der Waals surface area contributed by atoms with Crippen molar-refractivity contribution in [2.75, 3.05) is 19.6 Å². The number of hydrogen-bond donors (Lipinski definition) is 2. The highest BCUT2D eigenvalue weighted by Crippen LogP contribution is 2.23. The lowest BCUT2D eigenvalue weighted by molar-refractivity contribution is -0.125. The molecule has 1 aliphatic rings. The van der Waals surface area contributed by atoms with E-state index in [0.717, 1.165) is 0 Å². The molecule has 1 aromatic heterocycles. The number of likely N-dealkylation sites (tertiary alicyclic amines) is 1. The minimum absolute atomic E-state index is 0.0190. The fourth-order valence-electron chi connectivity index (χ4n) is 2.78. The molecule has 1 aliphatic heterocycles. The molecule has 1 aromatic rings. The second-order valence-corrected chi connectivity index (χ2v) is 7.47. The standard InChI is InChI=1S/C17H24ClN3O2S/c1-4-19-16(22)14-9-12(10-21(14)7-5-11(2)3)20-17(23)15-13(18)6-8-24-15/h5-6,8,12,14H,4,7,9-10H2,1-3H3,(H,19,22)(H,20,23)/t12-,14+/m1/s1. The van der Waals surface area contributed by atoms with Crippen molar-refractivity contribution < 1.29 is 9.59 Å². The normalized spacial score (nSPS) is 20.7. The van der Waals surface area contributed by atoms with Crippen LogP contribution >= 0.6 is 22.9 Å². The molecule has 24 heavy (non-hydrogen) atoms. The third kappa shape index (κ3) is 4.82. The Balaban J connectivity index is 2.04. The van der Waals surface area contributed by atoms with Crippen LogP contribution in [0.5, 0.6) is 0 Å². The molecule has 0 radical (unpaired) electrons. The molecular formula is C17H24ClN3O2S. The molecule has 5 nitrogen and oxygen atoms in total. The van der Waals surface area contributed by atoms with E-state index in [2.05, 4.69) is 21.6 Å². The fourth-order valence-corrected chi connectivity index (χ4v) is 3.83. The quantitative estimate of drug-likeness (QED) is 0.758. The number of likely N-dealkylation sites (N-methyl/N-ethyl adjacent to an activating group) is 1. The van der Waals surface area contributed by atoms with Crippen molar-refractivity contribution in [1.82, 2.24) is 15.5 Å². The van der Waals surface area contributed by atoms with Gasteiger partial charge in [-0.1, -0.05) is 23.3 Å². The number of amides is 2. The molecule has 2 rings (SSSR count). The number of rotatable bonds is 6. The monoisotopic (exact) mass is 369 g/mol. The molecular weight excluding hydrogens is 346 g/mol. The van der Waals surface area contributed by atoms with Crippen LogP contribution in [-0.2, 0) is 4.79 Å². The summed E-state index contributed by atoms with van der Waals surface area (Å²) < 4.78 is 0. The Kier molecular flexibility index (Phi) is 6.83. The average molecular weight is 370 g/mol. The van der Waals surface area contributed by atoms with Crippen LogP contribution in [0.15, 0.2) is 23.1 Å². The van der Waals surface area contributed by atoms with E-state index >= 15 is 0 Å². The topological polar surface area (TPSA) is 61.4 Å². The lowest BCUT2D eigenvalue weighted by Gasteiger charge is -2.21. The molecule has 7 heteroatoms. The van der Waals surface area contributed by atoms with Crippen LogP contribution in [0.25, 0.3) is 0 Å². The Labute approximate surface area is 152 Å². The number of hydrogen-bond acceptors (Lipinski definition) is 4. The summed E-state index contributed by atoms with van der Waals surface area (Å²) in [6.45, 7) is 7.94. The molecule has 0 unspecified atom stereocenters. The molecule has 132 valence electrons. The second-order valence-electron chi connectivity index (χ2n) is 6.15. The first kappa shape index (κ1) is 19.0. The van der Waals surface area contributed by atoms with Crippen LogP contribution < -0.4 is 10.6 Å². The fraction of sp³-hybridized carbons (Fsp3) is 0.529. The van der Waals surface area contributed by atoms with Crippen LogP contribution in [0.2, 0.25) is 5.02 Å². The zero-order chi connectivity index (χ0) is 17.7. The van der Waals surface area contributed by atoms with E-state index in [0.29, 0.717) is 36.0 Å². The molecule has 0 bridgehead atoms. The highest BCUT2D eigenvalue weighted by molar-refractivity contribution is 7.12. The van der Waals surface area contributed by atoms with Gasteiger partial charge in [-0.15, -0.1) is 11.3 Å². The summed E-state index contributed by atoms with van der Waals surface area (Å²) in [4.78, 5) is 27.3. The minimum atomic E-state index is -0.218. The first-order valence-electron chi connectivity index (χ1n) is 8.11. The Bertz CT molecular complexity index is 625. The van der Waals surface area contributed by atoms with E-state index in [1.807, 2.05) is 20.8 Å². The summed E-state index contributed by atoms with van der Waals surface area (Å²) in [5, 5.41) is 8.16. The van der Waals surface area contributed by atoms with Gasteiger partial charge in [-0.05, 0) is 38.6 Å². The molecule has 0 aliphatic carbocycles. The average Bonchev–Trinajstić information content (AvgIpc) is 3.11. The van der Waals surface area contributed by atoms with Crippen LogP contribution in [0, 0.1) is 0 Å². The zero-order valence-corrected chi connectivity index (χ0v) is 15.8. The van der Waals surface area contributed by atoms with Crippen molar-refractivity contribution in [3.8, 4) is 0 Å². The molecule has 2 amide bonds. The van der Waals surface area contributed by atoms with E-state index < -0.39 is 0 Å². The van der Waals surface area contributed by atoms with Gasteiger partial charge >= 0.3 is 0 Å². The van der Waals surface area contributed by atoms with Gasteiger partial charge in [0.25, 0.3) is 5.91 Å². The van der Waals surface area contributed by atoms with Gasteiger partial charge in [-0.2, -0.15) is 0 Å². The number of carbonyl (C=O) groups excluding carboxylic acids is 2. The maximum Gasteiger partial charge on any atom is 0.263 e. The molecule has 2 heterocycles. The van der Waals surface area contributed by atoms with Gasteiger partial charge in [-0.3, -0.25) is 14.5 Å². The molecule has 0 spiro atoms. The third-order valence-electron chi connectivity index (χ3n) is 3.95. The van der Waals surface area contributed by atoms with Crippen molar-refractivity contribution >= 4 is 34.8 Å². The van der Waals surface area contributed by atoms with E-state index in [4.69, 9.17) is 11.6 Å². The predicted octanol–water partition coefficient (Wildman–Crippen LogP) is 2.68. The van der Waals surface area contributed by atoms with Crippen LogP contribution in [0.3, 0.4) is 0 Å². The van der Waals surface area contributed by atoms with Gasteiger partial charge in [0.05, 0.1) is 11.1 Å². The molecule has 1 saturated heterocycles. The van der Waals surface area contributed by atoms with Crippen molar-refractivity contribution in [3.63, 3.8) is 0 Å². The zero-order valence-electron chi connectivity index (χ0n) is 14.3. The maximum atomic E-state index is 12.3. The lowest BCUT2D eigenvalue weighted by atomic mass is 10.1. The first-order valence-corrected chi connectivity index (χ1v) is 9.37. The highest BCUT2D eigenvalue weighted by Gasteiger charge is 2.36. The number of carbonyl (C=O) groups is 2. The summed E-state index contributed by atoms with van der Waals surface area (Å²) in [7, 11) is 0. The smallest absolute Gasteiger partial charge is 0.263 e. The Hall–Kier alpha value is -1.37. The number of thiophene rings is 1. The number of nitrogens with zero attached hydrogens (tertiary/aromatic N) is 1. The summed E-state index contributed by atoms with van der Waals surface area (Å²) >= 11 is 7.35. The molecule has 0 saturated carbocycles. The van der Waals surface area contributed by atoms with Crippen LogP contribution in [0.1, 0.15) is 36.9 Å². The van der Waals surface area contributed by atoms with Gasteiger partial charge in [0, 0.05) is 25.7 Å². The summed E-state index contributed by atoms with van der Waals surface area (Å²) in [6, 6.07) is 1.44. The van der Waals surface area contributed by atoms with E-state index in [1.165, 1.54) is 16.9 Å². The second kappa shape index (κ2) is 8.65. The number of allylic oxidation sites excluding steroid dienone is 1. The summed E-state index contributed by atoms with van der Waals surface area (Å²) in [5.74, 6) is -0.149. The number of nitrogens with one attached hydrogen (secondary N) is 2.